The minimum absolute atomic E-state index is 0.137. The van der Waals surface area contributed by atoms with Crippen molar-refractivity contribution in [1.82, 2.24) is 4.57 Å². The summed E-state index contributed by atoms with van der Waals surface area (Å²) in [4.78, 5) is 43.7. The molecule has 0 spiro atoms. The summed E-state index contributed by atoms with van der Waals surface area (Å²) < 4.78 is 18.3. The summed E-state index contributed by atoms with van der Waals surface area (Å²) in [5.74, 6) is -0.365. The number of carbonyl (C=O) groups excluding carboxylic acids is 2. The zero-order chi connectivity index (χ0) is 26.7. The standard InChI is InChI=1S/C28H28N2O6S/c1-16(2)15-35-27(33)24-17(3)29-28-30(26(32)23(37-28)13-19-9-7-6-8-10-19)25(24)20-11-12-21(36-18(4)31)22(14-20)34-5/h6-14,16,25H,15H2,1-5H3/b23-13-/t25-/m0/s1. The summed E-state index contributed by atoms with van der Waals surface area (Å²) in [5.41, 5.74) is 1.92. The van der Waals surface area contributed by atoms with E-state index in [1.165, 1.54) is 29.9 Å². The number of aromatic nitrogens is 1. The lowest BCUT2D eigenvalue weighted by molar-refractivity contribution is -0.140. The van der Waals surface area contributed by atoms with E-state index in [1.807, 2.05) is 44.2 Å². The lowest BCUT2D eigenvalue weighted by Crippen LogP contribution is -2.40. The fourth-order valence-electron chi connectivity index (χ4n) is 4.01. The van der Waals surface area contributed by atoms with Gasteiger partial charge in [0.25, 0.3) is 5.56 Å². The molecule has 37 heavy (non-hydrogen) atoms. The number of fused-ring (bicyclic) bond motifs is 1. The molecular weight excluding hydrogens is 492 g/mol. The van der Waals surface area contributed by atoms with Crippen molar-refractivity contribution in [2.45, 2.75) is 33.7 Å². The van der Waals surface area contributed by atoms with Crippen LogP contribution in [0.4, 0.5) is 0 Å². The molecule has 0 fully saturated rings. The molecule has 2 aromatic carbocycles. The van der Waals surface area contributed by atoms with Crippen LogP contribution in [-0.2, 0) is 14.3 Å². The molecule has 0 amide bonds. The number of allylic oxidation sites excluding steroid dienone is 1. The van der Waals surface area contributed by atoms with E-state index in [2.05, 4.69) is 4.99 Å². The molecule has 9 heteroatoms. The molecule has 1 aliphatic heterocycles. The first kappa shape index (κ1) is 26.1. The third kappa shape index (κ3) is 5.56. The van der Waals surface area contributed by atoms with Crippen LogP contribution in [-0.4, -0.2) is 30.2 Å². The van der Waals surface area contributed by atoms with Crippen molar-refractivity contribution < 1.29 is 23.8 Å². The summed E-state index contributed by atoms with van der Waals surface area (Å²) in [5, 5.41) is 0. The Bertz CT molecular complexity index is 1550. The van der Waals surface area contributed by atoms with Crippen molar-refractivity contribution in [3.63, 3.8) is 0 Å². The topological polar surface area (TPSA) is 96.2 Å². The average Bonchev–Trinajstić information content (AvgIpc) is 3.16. The van der Waals surface area contributed by atoms with Gasteiger partial charge in [-0.15, -0.1) is 0 Å². The molecule has 8 nitrogen and oxygen atoms in total. The minimum atomic E-state index is -0.811. The predicted octanol–water partition coefficient (Wildman–Crippen LogP) is 3.37. The first-order valence-electron chi connectivity index (χ1n) is 11.8. The van der Waals surface area contributed by atoms with Gasteiger partial charge in [-0.3, -0.25) is 14.2 Å². The summed E-state index contributed by atoms with van der Waals surface area (Å²) in [6, 6.07) is 13.7. The normalized spacial score (nSPS) is 15.3. The summed E-state index contributed by atoms with van der Waals surface area (Å²) in [6.07, 6.45) is 1.81. The van der Waals surface area contributed by atoms with Crippen LogP contribution >= 0.6 is 11.3 Å². The summed E-state index contributed by atoms with van der Waals surface area (Å²) in [6.45, 7) is 7.16. The molecule has 1 aliphatic rings. The van der Waals surface area contributed by atoms with Crippen molar-refractivity contribution >= 4 is 29.4 Å². The van der Waals surface area contributed by atoms with Crippen LogP contribution in [0.5, 0.6) is 11.5 Å². The molecule has 0 N–H and O–H groups in total. The third-order valence-corrected chi connectivity index (χ3v) is 6.63. The van der Waals surface area contributed by atoms with Gasteiger partial charge in [-0.2, -0.15) is 0 Å². The van der Waals surface area contributed by atoms with E-state index in [1.54, 1.807) is 31.2 Å². The molecule has 0 aliphatic carbocycles. The number of hydrogen-bond donors (Lipinski definition) is 0. The second kappa shape index (κ2) is 11.0. The van der Waals surface area contributed by atoms with Gasteiger partial charge in [0.05, 0.1) is 35.6 Å². The minimum Gasteiger partial charge on any atom is -0.493 e. The van der Waals surface area contributed by atoms with Gasteiger partial charge in [-0.25, -0.2) is 9.79 Å². The highest BCUT2D eigenvalue weighted by Crippen LogP contribution is 2.36. The number of methoxy groups -OCH3 is 1. The molecule has 192 valence electrons. The SMILES string of the molecule is COc1cc([C@H]2C(C(=O)OCC(C)C)=C(C)N=c3s/c(=C\c4ccccc4)c(=O)n32)ccc1OC(C)=O. The smallest absolute Gasteiger partial charge is 0.338 e. The van der Waals surface area contributed by atoms with E-state index in [0.29, 0.717) is 26.3 Å². The van der Waals surface area contributed by atoms with E-state index in [0.717, 1.165) is 5.56 Å². The average molecular weight is 521 g/mol. The second-order valence-electron chi connectivity index (χ2n) is 8.99. The zero-order valence-electron chi connectivity index (χ0n) is 21.3. The highest BCUT2D eigenvalue weighted by atomic mass is 32.1. The van der Waals surface area contributed by atoms with E-state index < -0.39 is 18.0 Å². The first-order chi connectivity index (χ1) is 17.7. The molecule has 0 radical (unpaired) electrons. The van der Waals surface area contributed by atoms with Gasteiger partial charge in [-0.05, 0) is 42.2 Å². The highest BCUT2D eigenvalue weighted by molar-refractivity contribution is 7.07. The number of benzene rings is 2. The van der Waals surface area contributed by atoms with Crippen molar-refractivity contribution in [1.29, 1.82) is 0 Å². The summed E-state index contributed by atoms with van der Waals surface area (Å²) >= 11 is 1.25. The van der Waals surface area contributed by atoms with Gasteiger partial charge in [0.1, 0.15) is 0 Å². The Balaban J connectivity index is 1.92. The molecule has 2 heterocycles. The molecule has 1 aromatic heterocycles. The number of esters is 2. The molecule has 4 rings (SSSR count). The van der Waals surface area contributed by atoms with Crippen molar-refractivity contribution in [2.24, 2.45) is 10.9 Å². The highest BCUT2D eigenvalue weighted by Gasteiger charge is 2.34. The van der Waals surface area contributed by atoms with Crippen LogP contribution in [0, 0.1) is 5.92 Å². The maximum absolute atomic E-state index is 13.7. The van der Waals surface area contributed by atoms with E-state index in [-0.39, 0.29) is 29.4 Å². The Hall–Kier alpha value is -3.98. The number of nitrogens with zero attached hydrogens (tertiary/aromatic N) is 2. The van der Waals surface area contributed by atoms with Crippen LogP contribution in [0.25, 0.3) is 6.08 Å². The second-order valence-corrected chi connectivity index (χ2v) is 10.00. The molecule has 0 bridgehead atoms. The van der Waals surface area contributed by atoms with Crippen LogP contribution in [0.15, 0.2) is 69.6 Å². The quantitative estimate of drug-likeness (QED) is 0.350. The Kier molecular flexibility index (Phi) is 7.73. The lowest BCUT2D eigenvalue weighted by Gasteiger charge is -2.25. The van der Waals surface area contributed by atoms with Crippen LogP contribution in [0.3, 0.4) is 0 Å². The molecule has 0 saturated heterocycles. The molecule has 0 saturated carbocycles. The fraction of sp³-hybridized carbons (Fsp3) is 0.286. The van der Waals surface area contributed by atoms with Crippen molar-refractivity contribution in [3.8, 4) is 11.5 Å². The number of rotatable bonds is 7. The molecule has 0 unspecified atom stereocenters. The lowest BCUT2D eigenvalue weighted by atomic mass is 9.95. The van der Waals surface area contributed by atoms with Gasteiger partial charge < -0.3 is 14.2 Å². The monoisotopic (exact) mass is 520 g/mol. The summed E-state index contributed by atoms with van der Waals surface area (Å²) in [7, 11) is 1.45. The fourth-order valence-corrected chi connectivity index (χ4v) is 5.06. The first-order valence-corrected chi connectivity index (χ1v) is 12.6. The van der Waals surface area contributed by atoms with Crippen molar-refractivity contribution in [3.05, 3.63) is 90.6 Å². The van der Waals surface area contributed by atoms with Gasteiger partial charge in [0, 0.05) is 6.92 Å². The van der Waals surface area contributed by atoms with Crippen molar-refractivity contribution in [2.75, 3.05) is 13.7 Å². The number of carbonyl (C=O) groups is 2. The Morgan fingerprint density at radius 1 is 1.14 bits per heavy atom. The third-order valence-electron chi connectivity index (χ3n) is 5.64. The Morgan fingerprint density at radius 3 is 2.51 bits per heavy atom. The Morgan fingerprint density at radius 2 is 1.86 bits per heavy atom. The van der Waals surface area contributed by atoms with E-state index in [9.17, 15) is 14.4 Å². The van der Waals surface area contributed by atoms with E-state index in [4.69, 9.17) is 14.2 Å². The Labute approximate surface area is 218 Å². The van der Waals surface area contributed by atoms with Crippen LogP contribution < -0.4 is 24.4 Å². The van der Waals surface area contributed by atoms with Gasteiger partial charge in [0.2, 0.25) is 0 Å². The predicted molar refractivity (Wildman–Crippen MR) is 140 cm³/mol. The van der Waals surface area contributed by atoms with E-state index >= 15 is 0 Å². The number of hydrogen-bond acceptors (Lipinski definition) is 8. The molecule has 1 atom stereocenters. The number of ether oxygens (including phenoxy) is 3. The molecular formula is C28H28N2O6S. The number of thiazole rings is 1. The maximum atomic E-state index is 13.7. The molecule has 3 aromatic rings. The zero-order valence-corrected chi connectivity index (χ0v) is 22.1. The van der Waals surface area contributed by atoms with Crippen LogP contribution in [0.1, 0.15) is 44.9 Å². The maximum Gasteiger partial charge on any atom is 0.338 e. The van der Waals surface area contributed by atoms with Gasteiger partial charge in [-0.1, -0.05) is 61.6 Å². The largest absolute Gasteiger partial charge is 0.493 e. The van der Waals surface area contributed by atoms with Crippen LogP contribution in [0.2, 0.25) is 0 Å². The van der Waals surface area contributed by atoms with Gasteiger partial charge in [0.15, 0.2) is 16.3 Å². The van der Waals surface area contributed by atoms with Gasteiger partial charge >= 0.3 is 11.9 Å².